The van der Waals surface area contributed by atoms with Crippen molar-refractivity contribution in [2.45, 2.75) is 258 Å². The fourth-order valence-corrected chi connectivity index (χ4v) is 8.29. The second-order valence-corrected chi connectivity index (χ2v) is 20.4. The summed E-state index contributed by atoms with van der Waals surface area (Å²) in [6.07, 6.45) is 51.2. The van der Waals surface area contributed by atoms with Crippen LogP contribution in [0.25, 0.3) is 0 Å². The van der Waals surface area contributed by atoms with Crippen LogP contribution in [0.5, 0.6) is 0 Å². The van der Waals surface area contributed by atoms with Crippen LogP contribution >= 0.6 is 7.82 Å². The first-order chi connectivity index (χ1) is 29.1. The zero-order valence-electron chi connectivity index (χ0n) is 40.7. The van der Waals surface area contributed by atoms with Gasteiger partial charge in [-0.2, -0.15) is 0 Å². The van der Waals surface area contributed by atoms with E-state index in [9.17, 15) is 14.3 Å². The Morgan fingerprint density at radius 3 is 1.27 bits per heavy atom. The highest BCUT2D eigenvalue weighted by Gasteiger charge is 2.26. The lowest BCUT2D eigenvalue weighted by atomic mass is 10.0. The van der Waals surface area contributed by atoms with E-state index in [2.05, 4.69) is 26.0 Å². The molecule has 0 rings (SSSR count). The van der Waals surface area contributed by atoms with E-state index >= 15 is 0 Å². The first-order valence-corrected chi connectivity index (χ1v) is 27.4. The van der Waals surface area contributed by atoms with Crippen LogP contribution in [0.3, 0.4) is 0 Å². The fraction of sp³-hybridized carbons (Fsp3) is 0.941. The molecule has 358 valence electrons. The number of phosphoric acid groups is 1. The van der Waals surface area contributed by atoms with E-state index in [4.69, 9.17) is 18.5 Å². The molecular formula is C51H103NO7P+. The summed E-state index contributed by atoms with van der Waals surface area (Å²) in [5, 5.41) is 0. The molecule has 0 aromatic carbocycles. The maximum Gasteiger partial charge on any atom is 0.472 e. The third kappa shape index (κ3) is 48.3. The van der Waals surface area contributed by atoms with Crippen LogP contribution in [0, 0.1) is 0 Å². The smallest absolute Gasteiger partial charge is 0.457 e. The highest BCUT2D eigenvalue weighted by atomic mass is 31.2. The van der Waals surface area contributed by atoms with E-state index in [1.807, 2.05) is 21.1 Å². The van der Waals surface area contributed by atoms with Crippen molar-refractivity contribution in [3.63, 3.8) is 0 Å². The van der Waals surface area contributed by atoms with Gasteiger partial charge in [-0.15, -0.1) is 0 Å². The number of allylic oxidation sites excluding steroid dienone is 2. The van der Waals surface area contributed by atoms with Crippen molar-refractivity contribution in [3.05, 3.63) is 12.2 Å². The van der Waals surface area contributed by atoms with Gasteiger partial charge in [0.05, 0.1) is 34.4 Å². The van der Waals surface area contributed by atoms with Gasteiger partial charge >= 0.3 is 13.8 Å². The Morgan fingerprint density at radius 2 is 0.867 bits per heavy atom. The number of quaternary nitrogens is 1. The molecule has 0 fully saturated rings. The molecule has 0 heterocycles. The Labute approximate surface area is 373 Å². The van der Waals surface area contributed by atoms with Gasteiger partial charge in [-0.3, -0.25) is 13.8 Å². The van der Waals surface area contributed by atoms with Crippen molar-refractivity contribution in [1.82, 2.24) is 0 Å². The average molecular weight is 873 g/mol. The van der Waals surface area contributed by atoms with Crippen molar-refractivity contribution in [2.24, 2.45) is 0 Å². The van der Waals surface area contributed by atoms with Crippen LogP contribution in [-0.2, 0) is 27.9 Å². The molecule has 0 aromatic rings. The molecule has 0 bridgehead atoms. The van der Waals surface area contributed by atoms with E-state index in [0.29, 0.717) is 24.1 Å². The molecule has 0 radical (unpaired) electrons. The molecule has 0 saturated carbocycles. The summed E-state index contributed by atoms with van der Waals surface area (Å²) < 4.78 is 35.1. The molecule has 0 aromatic heterocycles. The number of carbonyl (C=O) groups excluding carboxylic acids is 1. The van der Waals surface area contributed by atoms with Gasteiger partial charge < -0.3 is 18.9 Å². The number of hydrogen-bond acceptors (Lipinski definition) is 6. The van der Waals surface area contributed by atoms with Crippen LogP contribution in [0.4, 0.5) is 0 Å². The number of rotatable bonds is 49. The van der Waals surface area contributed by atoms with Crippen LogP contribution < -0.4 is 0 Å². The molecule has 8 nitrogen and oxygen atoms in total. The standard InChI is InChI=1S/C51H102NO7P/c1-6-8-10-12-14-16-18-20-21-22-23-24-25-26-27-28-29-30-31-32-34-36-38-40-42-44-51(53)59-50(49-58-60(54,55)57-47-45-52(3,4)5)48-56-46-43-41-39-37-35-33-19-17-15-13-11-9-7-2/h22-23,50H,6-21,24-49H2,1-5H3/p+1/b23-22-. The summed E-state index contributed by atoms with van der Waals surface area (Å²) in [7, 11) is 1.68. The number of ether oxygens (including phenoxy) is 2. The molecule has 0 saturated heterocycles. The van der Waals surface area contributed by atoms with Crippen LogP contribution in [0.1, 0.15) is 251 Å². The van der Waals surface area contributed by atoms with Gasteiger partial charge in [-0.25, -0.2) is 4.57 Å². The predicted octanol–water partition coefficient (Wildman–Crippen LogP) is 15.8. The Morgan fingerprint density at radius 1 is 0.500 bits per heavy atom. The number of esters is 1. The van der Waals surface area contributed by atoms with Gasteiger partial charge in [0.1, 0.15) is 19.3 Å². The minimum Gasteiger partial charge on any atom is -0.457 e. The lowest BCUT2D eigenvalue weighted by Gasteiger charge is -2.24. The lowest BCUT2D eigenvalue weighted by molar-refractivity contribution is -0.870. The first-order valence-electron chi connectivity index (χ1n) is 25.9. The molecule has 0 aliphatic rings. The summed E-state index contributed by atoms with van der Waals surface area (Å²) in [6, 6.07) is 0. The molecule has 0 aliphatic heterocycles. The van der Waals surface area contributed by atoms with Crippen molar-refractivity contribution < 1.29 is 37.3 Å². The molecule has 0 amide bonds. The van der Waals surface area contributed by atoms with Crippen LogP contribution in [-0.4, -0.2) is 75.6 Å². The van der Waals surface area contributed by atoms with Crippen molar-refractivity contribution >= 4 is 13.8 Å². The van der Waals surface area contributed by atoms with E-state index in [1.165, 1.54) is 199 Å². The SMILES string of the molecule is CCCCCCCCCC/C=C\CCCCCCCCCCCCCCCC(=O)OC(COCCCCCCCCCCCCCCC)COP(=O)(O)OCC[N+](C)(C)C. The van der Waals surface area contributed by atoms with Crippen LogP contribution in [0.15, 0.2) is 12.2 Å². The van der Waals surface area contributed by atoms with Gasteiger partial charge in [-0.05, 0) is 38.5 Å². The van der Waals surface area contributed by atoms with E-state index in [0.717, 1.165) is 32.1 Å². The minimum atomic E-state index is -4.27. The van der Waals surface area contributed by atoms with Crippen LogP contribution in [0.2, 0.25) is 0 Å². The molecular weight excluding hydrogens is 770 g/mol. The van der Waals surface area contributed by atoms with Gasteiger partial charge in [0.2, 0.25) is 0 Å². The molecule has 2 unspecified atom stereocenters. The number of phosphoric ester groups is 1. The number of hydrogen-bond donors (Lipinski definition) is 1. The third-order valence-corrected chi connectivity index (χ3v) is 12.6. The maximum absolute atomic E-state index is 12.7. The number of unbranched alkanes of at least 4 members (excludes halogenated alkanes) is 33. The first kappa shape index (κ1) is 59.2. The van der Waals surface area contributed by atoms with E-state index in [1.54, 1.807) is 0 Å². The Kier molecular flexibility index (Phi) is 44.3. The summed E-state index contributed by atoms with van der Waals surface area (Å²) in [5.74, 6) is -0.308. The maximum atomic E-state index is 12.7. The Balaban J connectivity index is 4.03. The van der Waals surface area contributed by atoms with Gasteiger partial charge in [0, 0.05) is 13.0 Å². The second kappa shape index (κ2) is 44.8. The summed E-state index contributed by atoms with van der Waals surface area (Å²) >= 11 is 0. The largest absolute Gasteiger partial charge is 0.472 e. The molecule has 1 N–H and O–H groups in total. The molecule has 0 aliphatic carbocycles. The fourth-order valence-electron chi connectivity index (χ4n) is 7.55. The Bertz CT molecular complexity index is 972. The zero-order chi connectivity index (χ0) is 44.1. The molecule has 60 heavy (non-hydrogen) atoms. The molecule has 9 heteroatoms. The van der Waals surface area contributed by atoms with Gasteiger partial charge in [0.15, 0.2) is 0 Å². The second-order valence-electron chi connectivity index (χ2n) is 18.9. The highest BCUT2D eigenvalue weighted by molar-refractivity contribution is 7.47. The number of carbonyl (C=O) groups is 1. The molecule has 0 spiro atoms. The topological polar surface area (TPSA) is 91.3 Å². The average Bonchev–Trinajstić information content (AvgIpc) is 3.20. The predicted molar refractivity (Wildman–Crippen MR) is 257 cm³/mol. The minimum absolute atomic E-state index is 0.0924. The highest BCUT2D eigenvalue weighted by Crippen LogP contribution is 2.43. The molecule has 2 atom stereocenters. The zero-order valence-corrected chi connectivity index (χ0v) is 41.6. The van der Waals surface area contributed by atoms with Crippen molar-refractivity contribution in [3.8, 4) is 0 Å². The summed E-state index contributed by atoms with van der Waals surface area (Å²) in [5.41, 5.74) is 0. The lowest BCUT2D eigenvalue weighted by Crippen LogP contribution is -2.37. The number of likely N-dealkylation sites (N-methyl/N-ethyl adjacent to an activating group) is 1. The quantitative estimate of drug-likeness (QED) is 0.0214. The third-order valence-electron chi connectivity index (χ3n) is 11.6. The Hall–Kier alpha value is -0.760. The normalized spacial score (nSPS) is 13.6. The van der Waals surface area contributed by atoms with Gasteiger partial charge in [-0.1, -0.05) is 219 Å². The van der Waals surface area contributed by atoms with Crippen molar-refractivity contribution in [2.75, 3.05) is 54.1 Å². The van der Waals surface area contributed by atoms with E-state index < -0.39 is 13.9 Å². The number of nitrogens with zero attached hydrogens (tertiary/aromatic N) is 1. The van der Waals surface area contributed by atoms with E-state index in [-0.39, 0.29) is 25.8 Å². The van der Waals surface area contributed by atoms with Gasteiger partial charge in [0.25, 0.3) is 0 Å². The monoisotopic (exact) mass is 873 g/mol. The summed E-state index contributed by atoms with van der Waals surface area (Å²) in [4.78, 5) is 23.0. The van der Waals surface area contributed by atoms with Crippen molar-refractivity contribution in [1.29, 1.82) is 0 Å². The summed E-state index contributed by atoms with van der Waals surface area (Å²) in [6.45, 7) is 5.68.